The number of fused-ring (bicyclic) bond motifs is 1. The van der Waals surface area contributed by atoms with Crippen LogP contribution in [0.2, 0.25) is 0 Å². The standard InChI is InChI=1S/C14H12N4O/c1-9-4-2-3-5-11(9)19-12-7-6-10-13(18-12)14(15)17-8-16-10/h2-8H,1H3,(H2,15,16,17). The Balaban J connectivity index is 2.02. The van der Waals surface area contributed by atoms with E-state index < -0.39 is 0 Å². The van der Waals surface area contributed by atoms with Gasteiger partial charge in [-0.2, -0.15) is 0 Å². The second-order valence-corrected chi connectivity index (χ2v) is 4.14. The number of para-hydroxylation sites is 1. The first-order valence-electron chi connectivity index (χ1n) is 5.85. The summed E-state index contributed by atoms with van der Waals surface area (Å²) in [5.41, 5.74) is 8.07. The van der Waals surface area contributed by atoms with Gasteiger partial charge in [-0.25, -0.2) is 15.0 Å². The summed E-state index contributed by atoms with van der Waals surface area (Å²) in [5.74, 6) is 1.59. The van der Waals surface area contributed by atoms with Crippen molar-refractivity contribution in [3.63, 3.8) is 0 Å². The summed E-state index contributed by atoms with van der Waals surface area (Å²) in [4.78, 5) is 12.4. The van der Waals surface area contributed by atoms with Gasteiger partial charge in [0.1, 0.15) is 17.6 Å². The van der Waals surface area contributed by atoms with E-state index in [0.717, 1.165) is 11.3 Å². The van der Waals surface area contributed by atoms with Gasteiger partial charge in [-0.3, -0.25) is 0 Å². The third kappa shape index (κ3) is 2.18. The minimum Gasteiger partial charge on any atom is -0.439 e. The smallest absolute Gasteiger partial charge is 0.220 e. The number of ether oxygens (including phenoxy) is 1. The summed E-state index contributed by atoms with van der Waals surface area (Å²) in [6.07, 6.45) is 1.42. The summed E-state index contributed by atoms with van der Waals surface area (Å²) in [6.45, 7) is 1.98. The molecule has 0 amide bonds. The predicted octanol–water partition coefficient (Wildman–Crippen LogP) is 2.71. The fraction of sp³-hybridized carbons (Fsp3) is 0.0714. The lowest BCUT2D eigenvalue weighted by Gasteiger charge is -2.08. The molecular weight excluding hydrogens is 240 g/mol. The molecule has 94 valence electrons. The number of hydrogen-bond acceptors (Lipinski definition) is 5. The van der Waals surface area contributed by atoms with E-state index >= 15 is 0 Å². The van der Waals surface area contributed by atoms with E-state index in [1.165, 1.54) is 6.33 Å². The monoisotopic (exact) mass is 252 g/mol. The quantitative estimate of drug-likeness (QED) is 0.759. The maximum atomic E-state index is 5.78. The Morgan fingerprint density at radius 3 is 2.74 bits per heavy atom. The number of nitrogen functional groups attached to an aromatic ring is 1. The molecule has 5 heteroatoms. The van der Waals surface area contributed by atoms with E-state index in [9.17, 15) is 0 Å². The molecule has 3 rings (SSSR count). The average molecular weight is 252 g/mol. The third-order valence-corrected chi connectivity index (χ3v) is 2.79. The number of hydrogen-bond donors (Lipinski definition) is 1. The lowest BCUT2D eigenvalue weighted by atomic mass is 10.2. The lowest BCUT2D eigenvalue weighted by molar-refractivity contribution is 0.461. The molecule has 0 aliphatic carbocycles. The maximum Gasteiger partial charge on any atom is 0.220 e. The Morgan fingerprint density at radius 2 is 1.89 bits per heavy atom. The Morgan fingerprint density at radius 1 is 1.05 bits per heavy atom. The van der Waals surface area contributed by atoms with Gasteiger partial charge in [-0.05, 0) is 24.6 Å². The molecular formula is C14H12N4O. The van der Waals surface area contributed by atoms with E-state index in [-0.39, 0.29) is 0 Å². The largest absolute Gasteiger partial charge is 0.439 e. The SMILES string of the molecule is Cc1ccccc1Oc1ccc2ncnc(N)c2n1. The Kier molecular flexibility index (Phi) is 2.72. The molecule has 0 atom stereocenters. The van der Waals surface area contributed by atoms with Crippen molar-refractivity contribution >= 4 is 16.9 Å². The van der Waals surface area contributed by atoms with E-state index in [4.69, 9.17) is 10.5 Å². The highest BCUT2D eigenvalue weighted by molar-refractivity contribution is 5.83. The number of aryl methyl sites for hydroxylation is 1. The Bertz CT molecular complexity index is 742. The zero-order chi connectivity index (χ0) is 13.2. The van der Waals surface area contributed by atoms with Crippen molar-refractivity contribution in [2.75, 3.05) is 5.73 Å². The van der Waals surface area contributed by atoms with Crippen molar-refractivity contribution in [2.45, 2.75) is 6.92 Å². The van der Waals surface area contributed by atoms with Crippen molar-refractivity contribution in [3.8, 4) is 11.6 Å². The van der Waals surface area contributed by atoms with Crippen LogP contribution in [0.25, 0.3) is 11.0 Å². The van der Waals surface area contributed by atoms with Gasteiger partial charge in [0.25, 0.3) is 0 Å². The van der Waals surface area contributed by atoms with Gasteiger partial charge in [0.15, 0.2) is 5.82 Å². The molecule has 2 N–H and O–H groups in total. The molecule has 0 aliphatic heterocycles. The first kappa shape index (κ1) is 11.4. The van der Waals surface area contributed by atoms with E-state index in [2.05, 4.69) is 15.0 Å². The molecule has 19 heavy (non-hydrogen) atoms. The highest BCUT2D eigenvalue weighted by Crippen LogP contribution is 2.25. The molecule has 0 aliphatic rings. The molecule has 0 radical (unpaired) electrons. The molecule has 5 nitrogen and oxygen atoms in total. The van der Waals surface area contributed by atoms with E-state index in [0.29, 0.717) is 22.7 Å². The summed E-state index contributed by atoms with van der Waals surface area (Å²) < 4.78 is 5.75. The minimum absolute atomic E-state index is 0.347. The van der Waals surface area contributed by atoms with Crippen LogP contribution >= 0.6 is 0 Å². The Labute approximate surface area is 110 Å². The highest BCUT2D eigenvalue weighted by atomic mass is 16.5. The lowest BCUT2D eigenvalue weighted by Crippen LogP contribution is -1.97. The zero-order valence-corrected chi connectivity index (χ0v) is 10.4. The molecule has 1 aromatic carbocycles. The van der Waals surface area contributed by atoms with Gasteiger partial charge >= 0.3 is 0 Å². The first-order chi connectivity index (χ1) is 9.24. The highest BCUT2D eigenvalue weighted by Gasteiger charge is 2.06. The van der Waals surface area contributed by atoms with E-state index in [1.807, 2.05) is 37.3 Å². The molecule has 0 bridgehead atoms. The number of pyridine rings is 1. The number of aromatic nitrogens is 3. The normalized spacial score (nSPS) is 10.6. The van der Waals surface area contributed by atoms with Crippen molar-refractivity contribution in [2.24, 2.45) is 0 Å². The number of benzene rings is 1. The maximum absolute atomic E-state index is 5.78. The van der Waals surface area contributed by atoms with Gasteiger partial charge in [0.2, 0.25) is 5.88 Å². The van der Waals surface area contributed by atoms with Crippen LogP contribution in [0.1, 0.15) is 5.56 Å². The molecule has 0 saturated heterocycles. The van der Waals surface area contributed by atoms with Gasteiger partial charge in [0.05, 0.1) is 5.52 Å². The zero-order valence-electron chi connectivity index (χ0n) is 10.4. The Hall–Kier alpha value is -2.69. The van der Waals surface area contributed by atoms with Crippen LogP contribution in [0.15, 0.2) is 42.7 Å². The van der Waals surface area contributed by atoms with Crippen LogP contribution in [0, 0.1) is 6.92 Å². The molecule has 2 heterocycles. The van der Waals surface area contributed by atoms with Crippen molar-refractivity contribution < 1.29 is 4.74 Å². The van der Waals surface area contributed by atoms with Crippen LogP contribution in [0.4, 0.5) is 5.82 Å². The van der Waals surface area contributed by atoms with Crippen LogP contribution in [0.5, 0.6) is 11.6 Å². The van der Waals surface area contributed by atoms with Crippen molar-refractivity contribution in [1.29, 1.82) is 0 Å². The van der Waals surface area contributed by atoms with Crippen molar-refractivity contribution in [3.05, 3.63) is 48.3 Å². The summed E-state index contributed by atoms with van der Waals surface area (Å²) in [6, 6.07) is 11.3. The average Bonchev–Trinajstić information content (AvgIpc) is 2.42. The molecule has 0 unspecified atom stereocenters. The molecule has 0 saturated carbocycles. The second-order valence-electron chi connectivity index (χ2n) is 4.14. The number of nitrogens with zero attached hydrogens (tertiary/aromatic N) is 3. The van der Waals surface area contributed by atoms with Crippen LogP contribution in [-0.2, 0) is 0 Å². The summed E-state index contributed by atoms with van der Waals surface area (Å²) in [5, 5.41) is 0. The molecule has 2 aromatic heterocycles. The van der Waals surface area contributed by atoms with Gasteiger partial charge in [-0.1, -0.05) is 18.2 Å². The third-order valence-electron chi connectivity index (χ3n) is 2.79. The van der Waals surface area contributed by atoms with Crippen LogP contribution in [-0.4, -0.2) is 15.0 Å². The van der Waals surface area contributed by atoms with Gasteiger partial charge in [-0.15, -0.1) is 0 Å². The fourth-order valence-electron chi connectivity index (χ4n) is 1.78. The fourth-order valence-corrected chi connectivity index (χ4v) is 1.78. The topological polar surface area (TPSA) is 73.9 Å². The predicted molar refractivity (Wildman–Crippen MR) is 73.0 cm³/mol. The van der Waals surface area contributed by atoms with E-state index in [1.54, 1.807) is 6.07 Å². The molecule has 0 spiro atoms. The summed E-state index contributed by atoms with van der Waals surface area (Å²) in [7, 11) is 0. The number of rotatable bonds is 2. The number of nitrogens with two attached hydrogens (primary N) is 1. The summed E-state index contributed by atoms with van der Waals surface area (Å²) >= 11 is 0. The van der Waals surface area contributed by atoms with Crippen molar-refractivity contribution in [1.82, 2.24) is 15.0 Å². The van der Waals surface area contributed by atoms with Gasteiger partial charge in [0, 0.05) is 6.07 Å². The van der Waals surface area contributed by atoms with Gasteiger partial charge < -0.3 is 10.5 Å². The van der Waals surface area contributed by atoms with Crippen LogP contribution < -0.4 is 10.5 Å². The molecule has 0 fully saturated rings. The second kappa shape index (κ2) is 4.53. The first-order valence-corrected chi connectivity index (χ1v) is 5.85. The van der Waals surface area contributed by atoms with Crippen LogP contribution in [0.3, 0.4) is 0 Å². The number of anilines is 1. The molecule has 3 aromatic rings. The minimum atomic E-state index is 0.347.